The Morgan fingerprint density at radius 3 is 2.00 bits per heavy atom. The first-order chi connectivity index (χ1) is 12.4. The zero-order chi connectivity index (χ0) is 18.7. The summed E-state index contributed by atoms with van der Waals surface area (Å²) in [4.78, 5) is 12.0. The van der Waals surface area contributed by atoms with E-state index in [0.717, 1.165) is 16.7 Å². The number of hydrogen-bond acceptors (Lipinski definition) is 4. The second kappa shape index (κ2) is 7.12. The summed E-state index contributed by atoms with van der Waals surface area (Å²) in [5.41, 5.74) is 5.22. The third kappa shape index (κ3) is 3.67. The van der Waals surface area contributed by atoms with Crippen LogP contribution in [-0.4, -0.2) is 28.0 Å². The van der Waals surface area contributed by atoms with Gasteiger partial charge in [0.2, 0.25) is 0 Å². The Kier molecular flexibility index (Phi) is 4.89. The fourth-order valence-corrected chi connectivity index (χ4v) is 2.76. The van der Waals surface area contributed by atoms with Gasteiger partial charge in [-0.1, -0.05) is 69.3 Å². The van der Waals surface area contributed by atoms with Gasteiger partial charge in [0.15, 0.2) is 5.69 Å². The van der Waals surface area contributed by atoms with Crippen molar-refractivity contribution >= 4 is 5.97 Å². The molecule has 5 nitrogen and oxygen atoms in total. The quantitative estimate of drug-likeness (QED) is 0.698. The van der Waals surface area contributed by atoms with Gasteiger partial charge in [0.05, 0.1) is 6.61 Å². The maximum absolute atomic E-state index is 12.0. The second-order valence-corrected chi connectivity index (χ2v) is 7.15. The molecule has 0 amide bonds. The van der Waals surface area contributed by atoms with E-state index in [1.54, 1.807) is 6.92 Å². The van der Waals surface area contributed by atoms with Gasteiger partial charge in [-0.3, -0.25) is 0 Å². The van der Waals surface area contributed by atoms with Crippen LogP contribution in [0.25, 0.3) is 22.4 Å². The van der Waals surface area contributed by atoms with Gasteiger partial charge in [-0.25, -0.2) is 4.79 Å². The highest BCUT2D eigenvalue weighted by atomic mass is 16.5. The van der Waals surface area contributed by atoms with Crippen LogP contribution in [0.2, 0.25) is 0 Å². The summed E-state index contributed by atoms with van der Waals surface area (Å²) in [6, 6.07) is 16.5. The number of ether oxygens (including phenoxy) is 1. The number of hydrogen-bond donors (Lipinski definition) is 1. The molecule has 0 aliphatic heterocycles. The molecule has 3 rings (SSSR count). The first kappa shape index (κ1) is 17.9. The molecule has 0 unspecified atom stereocenters. The molecule has 0 fully saturated rings. The molecule has 0 bridgehead atoms. The molecule has 2 aromatic carbocycles. The largest absolute Gasteiger partial charge is 0.461 e. The van der Waals surface area contributed by atoms with Crippen molar-refractivity contribution in [3.05, 3.63) is 59.8 Å². The Labute approximate surface area is 153 Å². The molecular weight excluding hydrogens is 326 g/mol. The van der Waals surface area contributed by atoms with Crippen molar-refractivity contribution in [1.29, 1.82) is 0 Å². The fraction of sp³-hybridized carbons (Fsp3) is 0.286. The molecule has 134 valence electrons. The van der Waals surface area contributed by atoms with Crippen LogP contribution in [0, 0.1) is 0 Å². The van der Waals surface area contributed by atoms with Gasteiger partial charge in [-0.05, 0) is 29.0 Å². The van der Waals surface area contributed by atoms with Crippen molar-refractivity contribution in [2.45, 2.75) is 33.1 Å². The Morgan fingerprint density at radius 2 is 1.46 bits per heavy atom. The number of nitrogens with zero attached hydrogens (tertiary/aromatic N) is 2. The van der Waals surface area contributed by atoms with Gasteiger partial charge in [0, 0.05) is 5.56 Å². The van der Waals surface area contributed by atoms with Crippen LogP contribution in [0.4, 0.5) is 0 Å². The SMILES string of the molecule is CCOC(=O)c1n[nH]nc1-c1ccc(-c2ccc(C(C)(C)C)cc2)cc1. The van der Waals surface area contributed by atoms with Gasteiger partial charge in [0.1, 0.15) is 5.69 Å². The lowest BCUT2D eigenvalue weighted by molar-refractivity contribution is 0.0520. The number of aromatic nitrogens is 3. The topological polar surface area (TPSA) is 67.9 Å². The number of rotatable bonds is 4. The number of carbonyl (C=O) groups is 1. The summed E-state index contributed by atoms with van der Waals surface area (Å²) in [7, 11) is 0. The molecule has 1 aromatic heterocycles. The highest BCUT2D eigenvalue weighted by Crippen LogP contribution is 2.28. The predicted molar refractivity (Wildman–Crippen MR) is 102 cm³/mol. The monoisotopic (exact) mass is 349 g/mol. The lowest BCUT2D eigenvalue weighted by Gasteiger charge is -2.19. The maximum Gasteiger partial charge on any atom is 0.361 e. The smallest absolute Gasteiger partial charge is 0.361 e. The Bertz CT molecular complexity index is 888. The summed E-state index contributed by atoms with van der Waals surface area (Å²) in [6.07, 6.45) is 0. The molecule has 1 N–H and O–H groups in total. The third-order valence-electron chi connectivity index (χ3n) is 4.26. The minimum absolute atomic E-state index is 0.138. The second-order valence-electron chi connectivity index (χ2n) is 7.15. The average molecular weight is 349 g/mol. The Morgan fingerprint density at radius 1 is 0.923 bits per heavy atom. The number of nitrogens with one attached hydrogen (secondary N) is 1. The zero-order valence-corrected chi connectivity index (χ0v) is 15.5. The number of carbonyl (C=O) groups excluding carboxylic acids is 1. The van der Waals surface area contributed by atoms with Crippen molar-refractivity contribution < 1.29 is 9.53 Å². The molecule has 5 heteroatoms. The minimum atomic E-state index is -0.474. The molecule has 0 aliphatic carbocycles. The fourth-order valence-electron chi connectivity index (χ4n) is 2.76. The number of esters is 1. The molecule has 0 saturated carbocycles. The predicted octanol–water partition coefficient (Wildman–Crippen LogP) is 4.61. The van der Waals surface area contributed by atoms with E-state index in [0.29, 0.717) is 12.3 Å². The molecule has 0 aliphatic rings. The molecule has 26 heavy (non-hydrogen) atoms. The highest BCUT2D eigenvalue weighted by Gasteiger charge is 2.19. The van der Waals surface area contributed by atoms with Crippen LogP contribution in [0.1, 0.15) is 43.7 Å². The van der Waals surface area contributed by atoms with Crippen LogP contribution in [0.15, 0.2) is 48.5 Å². The first-order valence-electron chi connectivity index (χ1n) is 8.69. The highest BCUT2D eigenvalue weighted by molar-refractivity contribution is 5.94. The molecule has 0 atom stereocenters. The standard InChI is InChI=1S/C21H23N3O2/c1-5-26-20(25)19-18(22-24-23-19)16-8-6-14(7-9-16)15-10-12-17(13-11-15)21(2,3)4/h6-13H,5H2,1-4H3,(H,22,23,24). The van der Waals surface area contributed by atoms with E-state index in [-0.39, 0.29) is 11.1 Å². The van der Waals surface area contributed by atoms with E-state index in [9.17, 15) is 4.79 Å². The number of aromatic amines is 1. The van der Waals surface area contributed by atoms with E-state index in [1.165, 1.54) is 5.56 Å². The van der Waals surface area contributed by atoms with Crippen LogP contribution in [-0.2, 0) is 10.2 Å². The van der Waals surface area contributed by atoms with E-state index in [2.05, 4.69) is 60.4 Å². The summed E-state index contributed by atoms with van der Waals surface area (Å²) in [6.45, 7) is 8.67. The van der Waals surface area contributed by atoms with Crippen LogP contribution >= 0.6 is 0 Å². The minimum Gasteiger partial charge on any atom is -0.461 e. The Hall–Kier alpha value is -2.95. The number of H-pyrrole nitrogens is 1. The van der Waals surface area contributed by atoms with Gasteiger partial charge >= 0.3 is 5.97 Å². The molecule has 0 radical (unpaired) electrons. The zero-order valence-electron chi connectivity index (χ0n) is 15.5. The molecule has 0 saturated heterocycles. The van der Waals surface area contributed by atoms with Crippen LogP contribution in [0.5, 0.6) is 0 Å². The summed E-state index contributed by atoms with van der Waals surface area (Å²) in [5, 5.41) is 10.5. The van der Waals surface area contributed by atoms with E-state index in [1.807, 2.05) is 24.3 Å². The summed E-state index contributed by atoms with van der Waals surface area (Å²) in [5.74, 6) is -0.474. The molecular formula is C21H23N3O2. The summed E-state index contributed by atoms with van der Waals surface area (Å²) < 4.78 is 5.02. The number of benzene rings is 2. The molecule has 0 spiro atoms. The van der Waals surface area contributed by atoms with E-state index < -0.39 is 5.97 Å². The molecule has 1 heterocycles. The van der Waals surface area contributed by atoms with Crippen molar-refractivity contribution in [2.24, 2.45) is 0 Å². The lowest BCUT2D eigenvalue weighted by Crippen LogP contribution is -2.10. The van der Waals surface area contributed by atoms with E-state index >= 15 is 0 Å². The van der Waals surface area contributed by atoms with Gasteiger partial charge in [-0.2, -0.15) is 10.3 Å². The van der Waals surface area contributed by atoms with Crippen molar-refractivity contribution in [3.63, 3.8) is 0 Å². The average Bonchev–Trinajstić information content (AvgIpc) is 3.11. The van der Waals surface area contributed by atoms with Gasteiger partial charge in [0.25, 0.3) is 0 Å². The van der Waals surface area contributed by atoms with Crippen LogP contribution < -0.4 is 0 Å². The van der Waals surface area contributed by atoms with Crippen molar-refractivity contribution in [1.82, 2.24) is 15.4 Å². The van der Waals surface area contributed by atoms with Crippen molar-refractivity contribution in [3.8, 4) is 22.4 Å². The summed E-state index contributed by atoms with van der Waals surface area (Å²) >= 11 is 0. The lowest BCUT2D eigenvalue weighted by atomic mass is 9.86. The third-order valence-corrected chi connectivity index (χ3v) is 4.26. The van der Waals surface area contributed by atoms with Gasteiger partial charge < -0.3 is 4.74 Å². The normalized spacial score (nSPS) is 11.4. The maximum atomic E-state index is 12.0. The van der Waals surface area contributed by atoms with E-state index in [4.69, 9.17) is 4.74 Å². The van der Waals surface area contributed by atoms with Crippen LogP contribution in [0.3, 0.4) is 0 Å². The molecule has 3 aromatic rings. The van der Waals surface area contributed by atoms with Crippen molar-refractivity contribution in [2.75, 3.05) is 6.61 Å². The van der Waals surface area contributed by atoms with Gasteiger partial charge in [-0.15, -0.1) is 5.10 Å². The first-order valence-corrected chi connectivity index (χ1v) is 8.69. The Balaban J connectivity index is 1.86.